The minimum absolute atomic E-state index is 0.177. The topological polar surface area (TPSA) is 41.6 Å². The van der Waals surface area contributed by atoms with E-state index in [0.717, 1.165) is 18.8 Å². The third-order valence-electron chi connectivity index (χ3n) is 4.31. The van der Waals surface area contributed by atoms with Crippen molar-refractivity contribution in [3.05, 3.63) is 53.1 Å². The van der Waals surface area contributed by atoms with Gasteiger partial charge in [-0.2, -0.15) is 0 Å². The highest BCUT2D eigenvalue weighted by atomic mass is 35.5. The first kappa shape index (κ1) is 17.6. The van der Waals surface area contributed by atoms with Crippen molar-refractivity contribution in [2.24, 2.45) is 0 Å². The third kappa shape index (κ3) is 4.45. The summed E-state index contributed by atoms with van der Waals surface area (Å²) in [6.45, 7) is 4.56. The minimum Gasteiger partial charge on any atom is -0.494 e. The number of anilines is 2. The number of rotatable bonds is 5. The zero-order valence-electron chi connectivity index (χ0n) is 14.4. The summed E-state index contributed by atoms with van der Waals surface area (Å²) in [5.74, 6) is 0.511. The lowest BCUT2D eigenvalue weighted by Crippen LogP contribution is -2.29. The van der Waals surface area contributed by atoms with E-state index < -0.39 is 0 Å². The molecule has 0 spiro atoms. The van der Waals surface area contributed by atoms with Gasteiger partial charge in [0.05, 0.1) is 17.3 Å². The molecule has 1 aliphatic heterocycles. The number of piperidine rings is 1. The Hall–Kier alpha value is -2.20. The molecule has 0 saturated carbocycles. The van der Waals surface area contributed by atoms with Crippen LogP contribution in [0, 0.1) is 0 Å². The number of hydrogen-bond acceptors (Lipinski definition) is 3. The van der Waals surface area contributed by atoms with Crippen LogP contribution in [0.15, 0.2) is 42.5 Å². The Morgan fingerprint density at radius 2 is 1.96 bits per heavy atom. The molecule has 1 fully saturated rings. The number of carbonyl (C=O) groups is 1. The second-order valence-corrected chi connectivity index (χ2v) is 6.54. The maximum atomic E-state index is 12.4. The van der Waals surface area contributed by atoms with Gasteiger partial charge in [-0.15, -0.1) is 0 Å². The molecule has 25 heavy (non-hydrogen) atoms. The molecule has 0 unspecified atom stereocenters. The van der Waals surface area contributed by atoms with E-state index in [1.807, 2.05) is 37.3 Å². The highest BCUT2D eigenvalue weighted by Gasteiger charge is 2.15. The number of halogens is 1. The first-order valence-electron chi connectivity index (χ1n) is 8.76. The molecule has 132 valence electrons. The lowest BCUT2D eigenvalue weighted by atomic mass is 10.1. The Kier molecular flexibility index (Phi) is 5.82. The van der Waals surface area contributed by atoms with E-state index in [1.54, 1.807) is 12.1 Å². The average molecular weight is 359 g/mol. The van der Waals surface area contributed by atoms with E-state index in [1.165, 1.54) is 19.3 Å². The summed E-state index contributed by atoms with van der Waals surface area (Å²) in [7, 11) is 0. The maximum absolute atomic E-state index is 12.4. The van der Waals surface area contributed by atoms with Crippen molar-refractivity contribution >= 4 is 28.9 Å². The molecule has 2 aromatic rings. The Morgan fingerprint density at radius 3 is 2.68 bits per heavy atom. The van der Waals surface area contributed by atoms with Crippen molar-refractivity contribution in [1.29, 1.82) is 0 Å². The highest BCUT2D eigenvalue weighted by molar-refractivity contribution is 6.33. The monoisotopic (exact) mass is 358 g/mol. The van der Waals surface area contributed by atoms with Gasteiger partial charge in [0.25, 0.3) is 5.91 Å². The van der Waals surface area contributed by atoms with Gasteiger partial charge < -0.3 is 15.0 Å². The Labute approximate surface area is 153 Å². The Morgan fingerprint density at radius 1 is 1.16 bits per heavy atom. The van der Waals surface area contributed by atoms with Gasteiger partial charge in [0.2, 0.25) is 0 Å². The van der Waals surface area contributed by atoms with Crippen LogP contribution in [0.25, 0.3) is 0 Å². The second kappa shape index (κ2) is 8.26. The number of hydrogen-bond donors (Lipinski definition) is 1. The summed E-state index contributed by atoms with van der Waals surface area (Å²) in [4.78, 5) is 14.8. The van der Waals surface area contributed by atoms with E-state index in [-0.39, 0.29) is 5.91 Å². The molecule has 0 atom stereocenters. The molecule has 1 N–H and O–H groups in total. The normalized spacial score (nSPS) is 14.2. The molecule has 5 heteroatoms. The summed E-state index contributed by atoms with van der Waals surface area (Å²) in [6.07, 6.45) is 3.68. The number of carbonyl (C=O) groups excluding carboxylic acids is 1. The molecular weight excluding hydrogens is 336 g/mol. The number of amides is 1. The van der Waals surface area contributed by atoms with Crippen LogP contribution < -0.4 is 15.0 Å². The van der Waals surface area contributed by atoms with Crippen molar-refractivity contribution < 1.29 is 9.53 Å². The van der Waals surface area contributed by atoms with E-state index in [2.05, 4.69) is 10.2 Å². The minimum atomic E-state index is -0.177. The molecular formula is C20H23ClN2O2. The smallest absolute Gasteiger partial charge is 0.255 e. The van der Waals surface area contributed by atoms with E-state index in [4.69, 9.17) is 16.3 Å². The summed E-state index contributed by atoms with van der Waals surface area (Å²) >= 11 is 6.45. The van der Waals surface area contributed by atoms with E-state index >= 15 is 0 Å². The average Bonchev–Trinajstić information content (AvgIpc) is 2.63. The standard InChI is InChI=1S/C20H23ClN2O2/c1-2-25-17-8-6-7-15(13-17)20(24)22-16-9-10-19(18(21)14-16)23-11-4-3-5-12-23/h6-10,13-14H,2-5,11-12H2,1H3,(H,22,24). The largest absolute Gasteiger partial charge is 0.494 e. The van der Waals surface area contributed by atoms with Gasteiger partial charge in [0.1, 0.15) is 5.75 Å². The molecule has 4 nitrogen and oxygen atoms in total. The summed E-state index contributed by atoms with van der Waals surface area (Å²) in [5.41, 5.74) is 2.29. The van der Waals surface area contributed by atoms with Crippen LogP contribution in [0.5, 0.6) is 5.75 Å². The lowest BCUT2D eigenvalue weighted by molar-refractivity contribution is 0.102. The number of ether oxygens (including phenoxy) is 1. The Bertz CT molecular complexity index is 742. The molecule has 1 aliphatic rings. The van der Waals surface area contributed by atoms with Gasteiger partial charge in [-0.1, -0.05) is 17.7 Å². The fourth-order valence-corrected chi connectivity index (χ4v) is 3.37. The number of nitrogens with zero attached hydrogens (tertiary/aromatic N) is 1. The van der Waals surface area contributed by atoms with Crippen molar-refractivity contribution in [2.45, 2.75) is 26.2 Å². The van der Waals surface area contributed by atoms with Crippen molar-refractivity contribution in [1.82, 2.24) is 0 Å². The first-order chi connectivity index (χ1) is 12.2. The molecule has 1 saturated heterocycles. The molecule has 0 aliphatic carbocycles. The Balaban J connectivity index is 1.71. The van der Waals surface area contributed by atoms with Crippen LogP contribution in [0.1, 0.15) is 36.5 Å². The highest BCUT2D eigenvalue weighted by Crippen LogP contribution is 2.31. The molecule has 1 heterocycles. The van der Waals surface area contributed by atoms with Gasteiger partial charge in [0.15, 0.2) is 0 Å². The number of nitrogens with one attached hydrogen (secondary N) is 1. The van der Waals surface area contributed by atoms with Gasteiger partial charge in [-0.05, 0) is 62.6 Å². The van der Waals surface area contributed by atoms with E-state index in [0.29, 0.717) is 28.6 Å². The van der Waals surface area contributed by atoms with Gasteiger partial charge in [-0.3, -0.25) is 4.79 Å². The fraction of sp³-hybridized carbons (Fsp3) is 0.350. The maximum Gasteiger partial charge on any atom is 0.255 e. The zero-order valence-corrected chi connectivity index (χ0v) is 15.2. The molecule has 0 bridgehead atoms. The van der Waals surface area contributed by atoms with Crippen LogP contribution in [0.2, 0.25) is 5.02 Å². The van der Waals surface area contributed by atoms with Crippen LogP contribution in [-0.2, 0) is 0 Å². The summed E-state index contributed by atoms with van der Waals surface area (Å²) in [6, 6.07) is 12.9. The van der Waals surface area contributed by atoms with Crippen molar-refractivity contribution in [3.8, 4) is 5.75 Å². The SMILES string of the molecule is CCOc1cccc(C(=O)Nc2ccc(N3CCCCC3)c(Cl)c2)c1. The second-order valence-electron chi connectivity index (χ2n) is 6.13. The fourth-order valence-electron chi connectivity index (χ4n) is 3.07. The van der Waals surface area contributed by atoms with Crippen LogP contribution in [0.3, 0.4) is 0 Å². The first-order valence-corrected chi connectivity index (χ1v) is 9.14. The lowest BCUT2D eigenvalue weighted by Gasteiger charge is -2.29. The number of benzene rings is 2. The van der Waals surface area contributed by atoms with Gasteiger partial charge in [0, 0.05) is 24.3 Å². The van der Waals surface area contributed by atoms with Gasteiger partial charge >= 0.3 is 0 Å². The molecule has 3 rings (SSSR count). The van der Waals surface area contributed by atoms with Crippen LogP contribution in [-0.4, -0.2) is 25.6 Å². The molecule has 1 amide bonds. The summed E-state index contributed by atoms with van der Waals surface area (Å²) in [5, 5.41) is 3.57. The van der Waals surface area contributed by atoms with Gasteiger partial charge in [-0.25, -0.2) is 0 Å². The summed E-state index contributed by atoms with van der Waals surface area (Å²) < 4.78 is 5.44. The van der Waals surface area contributed by atoms with Crippen LogP contribution >= 0.6 is 11.6 Å². The third-order valence-corrected chi connectivity index (χ3v) is 4.61. The van der Waals surface area contributed by atoms with Crippen molar-refractivity contribution in [2.75, 3.05) is 29.9 Å². The quantitative estimate of drug-likeness (QED) is 0.819. The van der Waals surface area contributed by atoms with Crippen LogP contribution in [0.4, 0.5) is 11.4 Å². The molecule has 0 radical (unpaired) electrons. The predicted molar refractivity (Wildman–Crippen MR) is 103 cm³/mol. The zero-order chi connectivity index (χ0) is 17.6. The predicted octanol–water partition coefficient (Wildman–Crippen LogP) is 4.98. The van der Waals surface area contributed by atoms with E-state index in [9.17, 15) is 4.79 Å². The molecule has 0 aromatic heterocycles. The van der Waals surface area contributed by atoms with Crippen molar-refractivity contribution in [3.63, 3.8) is 0 Å². The molecule has 2 aromatic carbocycles.